The molecule has 2 N–H and O–H groups in total. The molecule has 1 heterocycles. The first kappa shape index (κ1) is 21.3. The summed E-state index contributed by atoms with van der Waals surface area (Å²) in [4.78, 5) is 33.1. The van der Waals surface area contributed by atoms with Crippen molar-refractivity contribution in [3.63, 3.8) is 0 Å². The lowest BCUT2D eigenvalue weighted by Gasteiger charge is -2.11. The van der Waals surface area contributed by atoms with Gasteiger partial charge in [0.1, 0.15) is 0 Å². The Kier molecular flexibility index (Phi) is 8.39. The summed E-state index contributed by atoms with van der Waals surface area (Å²) in [6.45, 7) is 6.82. The van der Waals surface area contributed by atoms with Crippen LogP contribution >= 0.6 is 0 Å². The van der Waals surface area contributed by atoms with Gasteiger partial charge in [-0.05, 0) is 44.9 Å². The van der Waals surface area contributed by atoms with Gasteiger partial charge in [-0.2, -0.15) is 0 Å². The normalized spacial score (nSPS) is 10.4. The Morgan fingerprint density at radius 1 is 1.07 bits per heavy atom. The molecular weight excluding hydrogens is 356 g/mol. The van der Waals surface area contributed by atoms with Gasteiger partial charge in [0.05, 0.1) is 17.9 Å². The molecule has 150 valence electrons. The number of anilines is 2. The number of unbranched alkanes of at least 4 members (excludes halogenated alkanes) is 1. The van der Waals surface area contributed by atoms with E-state index in [4.69, 9.17) is 4.74 Å². The molecule has 0 aliphatic heterocycles. The third-order valence-corrected chi connectivity index (χ3v) is 4.00. The van der Waals surface area contributed by atoms with E-state index in [9.17, 15) is 9.59 Å². The zero-order chi connectivity index (χ0) is 20.4. The molecule has 0 fully saturated rings. The summed E-state index contributed by atoms with van der Waals surface area (Å²) in [6.07, 6.45) is 2.70. The van der Waals surface area contributed by atoms with E-state index < -0.39 is 5.97 Å². The molecule has 1 aromatic heterocycles. The van der Waals surface area contributed by atoms with Gasteiger partial charge >= 0.3 is 5.97 Å². The number of aryl methyl sites for hydroxylation is 2. The predicted molar refractivity (Wildman–Crippen MR) is 109 cm³/mol. The van der Waals surface area contributed by atoms with E-state index in [1.807, 2.05) is 26.8 Å². The largest absolute Gasteiger partial charge is 0.462 e. The summed E-state index contributed by atoms with van der Waals surface area (Å²) in [5.41, 5.74) is 2.64. The van der Waals surface area contributed by atoms with Crippen LogP contribution in [0.1, 0.15) is 54.4 Å². The third-order valence-electron chi connectivity index (χ3n) is 4.00. The van der Waals surface area contributed by atoms with Gasteiger partial charge in [0.2, 0.25) is 11.9 Å². The Morgan fingerprint density at radius 2 is 1.79 bits per heavy atom. The Bertz CT molecular complexity index is 788. The highest BCUT2D eigenvalue weighted by Gasteiger charge is 2.14. The van der Waals surface area contributed by atoms with Crippen LogP contribution in [0.15, 0.2) is 30.3 Å². The smallest absolute Gasteiger partial charge is 0.340 e. The highest BCUT2D eigenvalue weighted by atomic mass is 16.5. The minimum Gasteiger partial charge on any atom is -0.462 e. The second kappa shape index (κ2) is 11.0. The van der Waals surface area contributed by atoms with Gasteiger partial charge in [-0.1, -0.05) is 25.5 Å². The minimum atomic E-state index is -0.419. The topological polar surface area (TPSA) is 93.2 Å². The van der Waals surface area contributed by atoms with Crippen LogP contribution in [0.3, 0.4) is 0 Å². The van der Waals surface area contributed by atoms with E-state index >= 15 is 0 Å². The number of amides is 1. The van der Waals surface area contributed by atoms with Gasteiger partial charge < -0.3 is 15.4 Å². The van der Waals surface area contributed by atoms with Gasteiger partial charge in [-0.3, -0.25) is 4.79 Å². The van der Waals surface area contributed by atoms with Crippen molar-refractivity contribution >= 4 is 23.5 Å². The lowest BCUT2D eigenvalue weighted by molar-refractivity contribution is -0.116. The standard InChI is InChI=1S/C21H28N4O3/c1-4-5-13-28-20(27)17-9-6-7-10-18(17)25-19(26)11-8-12-22-21-23-15(2)14-16(3)24-21/h6-7,9-10,14H,4-5,8,11-13H2,1-3H3,(H,25,26)(H,22,23,24). The minimum absolute atomic E-state index is 0.156. The maximum atomic E-state index is 12.2. The van der Waals surface area contributed by atoms with Crippen molar-refractivity contribution < 1.29 is 14.3 Å². The first-order valence-electron chi connectivity index (χ1n) is 9.61. The number of para-hydroxylation sites is 1. The zero-order valence-corrected chi connectivity index (χ0v) is 16.7. The molecule has 1 amide bonds. The number of esters is 1. The van der Waals surface area contributed by atoms with Crippen molar-refractivity contribution in [1.82, 2.24) is 9.97 Å². The van der Waals surface area contributed by atoms with Crippen LogP contribution in [0.25, 0.3) is 0 Å². The van der Waals surface area contributed by atoms with E-state index in [-0.39, 0.29) is 5.91 Å². The number of aromatic nitrogens is 2. The van der Waals surface area contributed by atoms with E-state index in [2.05, 4.69) is 20.6 Å². The van der Waals surface area contributed by atoms with Crippen LogP contribution in [-0.2, 0) is 9.53 Å². The van der Waals surface area contributed by atoms with Crippen molar-refractivity contribution in [2.24, 2.45) is 0 Å². The summed E-state index contributed by atoms with van der Waals surface area (Å²) in [7, 11) is 0. The average Bonchev–Trinajstić information content (AvgIpc) is 2.65. The van der Waals surface area contributed by atoms with Crippen molar-refractivity contribution in [3.8, 4) is 0 Å². The number of rotatable bonds is 10. The molecule has 0 saturated heterocycles. The SMILES string of the molecule is CCCCOC(=O)c1ccccc1NC(=O)CCCNc1nc(C)cc(C)n1. The molecule has 0 unspecified atom stereocenters. The highest BCUT2D eigenvalue weighted by Crippen LogP contribution is 2.17. The lowest BCUT2D eigenvalue weighted by Crippen LogP contribution is -2.17. The second-order valence-corrected chi connectivity index (χ2v) is 6.59. The summed E-state index contributed by atoms with van der Waals surface area (Å²) in [5, 5.41) is 5.93. The number of hydrogen-bond donors (Lipinski definition) is 2. The fourth-order valence-electron chi connectivity index (χ4n) is 2.62. The molecule has 1 aromatic carbocycles. The summed E-state index contributed by atoms with van der Waals surface area (Å²) in [6, 6.07) is 8.79. The molecule has 0 saturated carbocycles. The van der Waals surface area contributed by atoms with E-state index in [1.54, 1.807) is 24.3 Å². The summed E-state index contributed by atoms with van der Waals surface area (Å²) in [5.74, 6) is -0.00647. The molecule has 0 spiro atoms. The molecule has 0 bridgehead atoms. The fraction of sp³-hybridized carbons (Fsp3) is 0.429. The predicted octanol–water partition coefficient (Wildman–Crippen LogP) is 3.88. The molecule has 2 aromatic rings. The second-order valence-electron chi connectivity index (χ2n) is 6.59. The van der Waals surface area contributed by atoms with Crippen molar-refractivity contribution in [2.45, 2.75) is 46.5 Å². The molecule has 0 aliphatic carbocycles. The van der Waals surface area contributed by atoms with Crippen molar-refractivity contribution in [3.05, 3.63) is 47.3 Å². The Balaban J connectivity index is 1.82. The monoisotopic (exact) mass is 384 g/mol. The molecule has 7 heteroatoms. The molecular formula is C21H28N4O3. The molecule has 2 rings (SSSR count). The van der Waals surface area contributed by atoms with Gasteiger partial charge in [0, 0.05) is 24.4 Å². The van der Waals surface area contributed by atoms with Crippen LogP contribution in [-0.4, -0.2) is 35.0 Å². The van der Waals surface area contributed by atoms with E-state index in [0.29, 0.717) is 43.2 Å². The molecule has 0 radical (unpaired) electrons. The van der Waals surface area contributed by atoms with E-state index in [1.165, 1.54) is 0 Å². The summed E-state index contributed by atoms with van der Waals surface area (Å²) < 4.78 is 5.24. The maximum Gasteiger partial charge on any atom is 0.340 e. The quantitative estimate of drug-likeness (QED) is 0.477. The number of hydrogen-bond acceptors (Lipinski definition) is 6. The van der Waals surface area contributed by atoms with Crippen LogP contribution in [0, 0.1) is 13.8 Å². The van der Waals surface area contributed by atoms with Gasteiger partial charge in [-0.15, -0.1) is 0 Å². The van der Waals surface area contributed by atoms with E-state index in [0.717, 1.165) is 24.2 Å². The number of nitrogens with zero attached hydrogens (tertiary/aromatic N) is 2. The Morgan fingerprint density at radius 3 is 2.50 bits per heavy atom. The van der Waals surface area contributed by atoms with Crippen molar-refractivity contribution in [2.75, 3.05) is 23.8 Å². The highest BCUT2D eigenvalue weighted by molar-refractivity contribution is 6.01. The first-order chi connectivity index (χ1) is 13.5. The Labute approximate surface area is 165 Å². The summed E-state index contributed by atoms with van der Waals surface area (Å²) >= 11 is 0. The number of benzene rings is 1. The Hall–Kier alpha value is -2.96. The van der Waals surface area contributed by atoms with Gasteiger partial charge in [-0.25, -0.2) is 14.8 Å². The van der Waals surface area contributed by atoms with Crippen LogP contribution in [0.2, 0.25) is 0 Å². The average molecular weight is 384 g/mol. The van der Waals surface area contributed by atoms with Crippen LogP contribution in [0.4, 0.5) is 11.6 Å². The fourth-order valence-corrected chi connectivity index (χ4v) is 2.62. The maximum absolute atomic E-state index is 12.2. The number of carbonyl (C=O) groups excluding carboxylic acids is 2. The third kappa shape index (κ3) is 6.98. The van der Waals surface area contributed by atoms with Gasteiger partial charge in [0.25, 0.3) is 0 Å². The molecule has 7 nitrogen and oxygen atoms in total. The van der Waals surface area contributed by atoms with Gasteiger partial charge in [0.15, 0.2) is 0 Å². The van der Waals surface area contributed by atoms with Crippen LogP contribution < -0.4 is 10.6 Å². The molecule has 0 atom stereocenters. The van der Waals surface area contributed by atoms with Crippen molar-refractivity contribution in [1.29, 1.82) is 0 Å². The lowest BCUT2D eigenvalue weighted by atomic mass is 10.1. The zero-order valence-electron chi connectivity index (χ0n) is 16.7. The molecule has 0 aliphatic rings. The molecule has 28 heavy (non-hydrogen) atoms. The number of nitrogens with one attached hydrogen (secondary N) is 2. The first-order valence-corrected chi connectivity index (χ1v) is 9.61. The number of ether oxygens (including phenoxy) is 1. The van der Waals surface area contributed by atoms with Crippen LogP contribution in [0.5, 0.6) is 0 Å². The number of carbonyl (C=O) groups is 2.